The van der Waals surface area contributed by atoms with Gasteiger partial charge in [-0.15, -0.1) is 0 Å². The summed E-state index contributed by atoms with van der Waals surface area (Å²) in [6, 6.07) is 14.3. The minimum absolute atomic E-state index is 0.140. The third-order valence-corrected chi connectivity index (χ3v) is 9.61. The number of pyridine rings is 1. The van der Waals surface area contributed by atoms with Crippen LogP contribution < -0.4 is 10.5 Å². The SMILES string of the molecule is Cc1cc(C)c(S(=O)(=O)n2cc(C(=O)COc3cc4cnccc4cc3C(N)=O)c3ccc(C4CC4)cc32)c(C)c1. The predicted octanol–water partition coefficient (Wildman–Crippen LogP) is 5.59. The Balaban J connectivity index is 1.42. The van der Waals surface area contributed by atoms with Gasteiger partial charge in [0.25, 0.3) is 15.9 Å². The van der Waals surface area contributed by atoms with Crippen LogP contribution in [0.15, 0.2) is 72.0 Å². The lowest BCUT2D eigenvalue weighted by molar-refractivity contribution is 0.0914. The van der Waals surface area contributed by atoms with Gasteiger partial charge in [0.15, 0.2) is 6.61 Å². The number of ketones is 1. The Morgan fingerprint density at radius 1 is 0.976 bits per heavy atom. The largest absolute Gasteiger partial charge is 0.485 e. The summed E-state index contributed by atoms with van der Waals surface area (Å²) in [5.74, 6) is -0.567. The minimum Gasteiger partial charge on any atom is -0.485 e. The van der Waals surface area contributed by atoms with Gasteiger partial charge < -0.3 is 10.5 Å². The second-order valence-corrected chi connectivity index (χ2v) is 12.5. The smallest absolute Gasteiger partial charge is 0.268 e. The number of hydrogen-bond acceptors (Lipinski definition) is 6. The van der Waals surface area contributed by atoms with Crippen LogP contribution in [-0.4, -0.2) is 35.7 Å². The van der Waals surface area contributed by atoms with Gasteiger partial charge in [-0.05, 0) is 85.9 Å². The first kappa shape index (κ1) is 26.7. The maximum Gasteiger partial charge on any atom is 0.268 e. The fraction of sp³-hybridized carbons (Fsp3) is 0.219. The maximum atomic E-state index is 14.1. The molecule has 2 heterocycles. The topological polar surface area (TPSA) is 121 Å². The number of nitrogens with zero attached hydrogens (tertiary/aromatic N) is 2. The number of carbonyl (C=O) groups is 2. The lowest BCUT2D eigenvalue weighted by atomic mass is 10.1. The van der Waals surface area contributed by atoms with Crippen LogP contribution in [0.25, 0.3) is 21.7 Å². The van der Waals surface area contributed by atoms with E-state index in [1.165, 1.54) is 10.2 Å². The van der Waals surface area contributed by atoms with Crippen LogP contribution in [0.1, 0.15) is 61.7 Å². The van der Waals surface area contributed by atoms with Gasteiger partial charge in [-0.3, -0.25) is 14.6 Å². The Morgan fingerprint density at radius 3 is 2.39 bits per heavy atom. The van der Waals surface area contributed by atoms with Crippen LogP contribution in [0.3, 0.4) is 0 Å². The molecule has 0 atom stereocenters. The molecule has 1 amide bonds. The van der Waals surface area contributed by atoms with E-state index in [0.29, 0.717) is 27.9 Å². The summed E-state index contributed by atoms with van der Waals surface area (Å²) < 4.78 is 35.3. The number of aromatic nitrogens is 2. The van der Waals surface area contributed by atoms with E-state index >= 15 is 0 Å². The van der Waals surface area contributed by atoms with Gasteiger partial charge in [0.1, 0.15) is 5.75 Å². The van der Waals surface area contributed by atoms with Crippen molar-refractivity contribution in [2.24, 2.45) is 5.73 Å². The minimum atomic E-state index is -4.03. The summed E-state index contributed by atoms with van der Waals surface area (Å²) in [6.45, 7) is 5.07. The van der Waals surface area contributed by atoms with Crippen molar-refractivity contribution in [2.75, 3.05) is 6.61 Å². The molecule has 3 aromatic carbocycles. The number of primary amides is 1. The van der Waals surface area contributed by atoms with Crippen LogP contribution in [0.5, 0.6) is 5.75 Å². The molecule has 9 heteroatoms. The van der Waals surface area contributed by atoms with E-state index < -0.39 is 28.3 Å². The molecule has 2 aromatic heterocycles. The lowest BCUT2D eigenvalue weighted by Crippen LogP contribution is -2.17. The number of benzene rings is 3. The van der Waals surface area contributed by atoms with Gasteiger partial charge in [-0.2, -0.15) is 0 Å². The fourth-order valence-corrected chi connectivity index (χ4v) is 7.41. The first-order valence-electron chi connectivity index (χ1n) is 13.4. The van der Waals surface area contributed by atoms with E-state index in [1.54, 1.807) is 44.4 Å². The number of rotatable bonds is 8. The molecule has 0 spiro atoms. The second kappa shape index (κ2) is 9.85. The van der Waals surface area contributed by atoms with Crippen molar-refractivity contribution in [1.82, 2.24) is 8.96 Å². The first-order valence-corrected chi connectivity index (χ1v) is 14.8. The van der Waals surface area contributed by atoms with Crippen molar-refractivity contribution in [3.8, 4) is 5.75 Å². The van der Waals surface area contributed by atoms with Crippen molar-refractivity contribution >= 4 is 43.4 Å². The van der Waals surface area contributed by atoms with Crippen molar-refractivity contribution in [1.29, 1.82) is 0 Å². The zero-order chi connectivity index (χ0) is 29.1. The highest BCUT2D eigenvalue weighted by atomic mass is 32.2. The number of aryl methyl sites for hydroxylation is 3. The molecular formula is C32H29N3O5S. The van der Waals surface area contributed by atoms with E-state index in [4.69, 9.17) is 10.5 Å². The molecule has 0 aliphatic heterocycles. The van der Waals surface area contributed by atoms with Crippen molar-refractivity contribution in [2.45, 2.75) is 44.4 Å². The third kappa shape index (κ3) is 4.76. The van der Waals surface area contributed by atoms with E-state index in [1.807, 2.05) is 37.3 Å². The highest BCUT2D eigenvalue weighted by molar-refractivity contribution is 7.90. The molecule has 0 bridgehead atoms. The molecule has 2 N–H and O–H groups in total. The van der Waals surface area contributed by atoms with Crippen molar-refractivity contribution in [3.63, 3.8) is 0 Å². The molecule has 6 rings (SSSR count). The molecule has 8 nitrogen and oxygen atoms in total. The van der Waals surface area contributed by atoms with Crippen LogP contribution >= 0.6 is 0 Å². The average Bonchev–Trinajstić information content (AvgIpc) is 3.70. The molecule has 1 fully saturated rings. The quantitative estimate of drug-likeness (QED) is 0.244. The maximum absolute atomic E-state index is 14.1. The number of carbonyl (C=O) groups excluding carboxylic acids is 2. The van der Waals surface area contributed by atoms with E-state index in [9.17, 15) is 18.0 Å². The molecular weight excluding hydrogens is 538 g/mol. The highest BCUT2D eigenvalue weighted by Crippen LogP contribution is 2.42. The Kier molecular flexibility index (Phi) is 6.42. The Morgan fingerprint density at radius 2 is 1.71 bits per heavy atom. The van der Waals surface area contributed by atoms with Gasteiger partial charge in [0.05, 0.1) is 16.0 Å². The van der Waals surface area contributed by atoms with Crippen LogP contribution in [0.4, 0.5) is 0 Å². The summed E-state index contributed by atoms with van der Waals surface area (Å²) in [4.78, 5) is 30.1. The van der Waals surface area contributed by atoms with Crippen molar-refractivity contribution < 1.29 is 22.7 Å². The zero-order valence-corrected chi connectivity index (χ0v) is 23.8. The van der Waals surface area contributed by atoms with Gasteiger partial charge in [0.2, 0.25) is 5.78 Å². The number of nitrogens with two attached hydrogens (primary N) is 1. The number of fused-ring (bicyclic) bond motifs is 2. The van der Waals surface area contributed by atoms with Gasteiger partial charge >= 0.3 is 0 Å². The number of Topliss-reactive ketones (excluding diaryl/α,β-unsaturated/α-hetero) is 1. The van der Waals surface area contributed by atoms with Crippen molar-refractivity contribution in [3.05, 3.63) is 101 Å². The van der Waals surface area contributed by atoms with Crippen LogP contribution in [-0.2, 0) is 10.0 Å². The molecule has 0 unspecified atom stereocenters. The Bertz CT molecular complexity index is 1980. The van der Waals surface area contributed by atoms with Crippen LogP contribution in [0.2, 0.25) is 0 Å². The molecule has 0 radical (unpaired) electrons. The summed E-state index contributed by atoms with van der Waals surface area (Å²) in [5.41, 5.74) is 9.71. The van der Waals surface area contributed by atoms with E-state index in [2.05, 4.69) is 4.98 Å². The molecule has 1 aliphatic carbocycles. The number of ether oxygens (including phenoxy) is 1. The van der Waals surface area contributed by atoms with Crippen LogP contribution in [0, 0.1) is 20.8 Å². The summed E-state index contributed by atoms with van der Waals surface area (Å²) >= 11 is 0. The van der Waals surface area contributed by atoms with Gasteiger partial charge in [-0.25, -0.2) is 12.4 Å². The molecule has 208 valence electrons. The summed E-state index contributed by atoms with van der Waals surface area (Å²) in [6.07, 6.45) is 6.73. The normalized spacial score (nSPS) is 13.5. The molecule has 5 aromatic rings. The summed E-state index contributed by atoms with van der Waals surface area (Å²) in [7, 11) is -4.03. The highest BCUT2D eigenvalue weighted by Gasteiger charge is 2.29. The summed E-state index contributed by atoms with van der Waals surface area (Å²) in [5, 5.41) is 2.00. The molecule has 41 heavy (non-hydrogen) atoms. The average molecular weight is 568 g/mol. The Labute approximate surface area is 237 Å². The monoisotopic (exact) mass is 567 g/mol. The third-order valence-electron chi connectivity index (χ3n) is 7.63. The van der Waals surface area contributed by atoms with Gasteiger partial charge in [0, 0.05) is 34.9 Å². The van der Waals surface area contributed by atoms with E-state index in [0.717, 1.165) is 34.7 Å². The fourth-order valence-electron chi connectivity index (χ4n) is 5.63. The number of amides is 1. The number of hydrogen-bond donors (Lipinski definition) is 1. The molecule has 0 saturated heterocycles. The van der Waals surface area contributed by atoms with E-state index in [-0.39, 0.29) is 21.8 Å². The molecule has 1 aliphatic rings. The zero-order valence-electron chi connectivity index (χ0n) is 23.0. The van der Waals surface area contributed by atoms with Gasteiger partial charge in [-0.1, -0.05) is 29.8 Å². The molecule has 1 saturated carbocycles. The second-order valence-electron chi connectivity index (χ2n) is 10.8. The first-order chi connectivity index (χ1) is 19.5. The predicted molar refractivity (Wildman–Crippen MR) is 157 cm³/mol. The lowest BCUT2D eigenvalue weighted by Gasteiger charge is -2.14. The Hall–Kier alpha value is -4.50. The standard InChI is InChI=1S/C32H29N3O5S/c1-18-10-19(2)31(20(3)11-18)41(38,39)35-16-27(25-7-6-22(13-28(25)35)21-4-5-21)29(36)17-40-30-14-24-15-34-9-8-23(24)12-26(30)32(33)37/h6-16,21H,4-5,17H2,1-3H3,(H2,33,37).